The molecule has 1 amide bonds. The van der Waals surface area contributed by atoms with Crippen LogP contribution in [-0.2, 0) is 28.9 Å². The monoisotopic (exact) mass is 794 g/mol. The lowest BCUT2D eigenvalue weighted by molar-refractivity contribution is -0.298. The molecule has 0 radical (unpaired) electrons. The highest BCUT2D eigenvalue weighted by Gasteiger charge is 2.48. The molecule has 320 valence electrons. The molecule has 1 saturated heterocycles. The van der Waals surface area contributed by atoms with Crippen LogP contribution in [0.25, 0.3) is 0 Å². The molecule has 0 spiro atoms. The van der Waals surface area contributed by atoms with Gasteiger partial charge in [-0.3, -0.25) is 9.35 Å². The largest absolute Gasteiger partial charge is 0.397 e. The molecule has 0 saturated carbocycles. The molecule has 0 bridgehead atoms. The average molecular weight is 794 g/mol. The summed E-state index contributed by atoms with van der Waals surface area (Å²) in [5, 5.41) is 44.6. The minimum atomic E-state index is -5.08. The van der Waals surface area contributed by atoms with Crippen LogP contribution in [0.15, 0.2) is 12.2 Å². The zero-order chi connectivity index (χ0) is 39.9. The van der Waals surface area contributed by atoms with Crippen LogP contribution in [-0.4, -0.2) is 95.4 Å². The number of nitrogens with one attached hydrogen (secondary N) is 1. The Kier molecular flexibility index (Phi) is 31.0. The number of carbonyl (C=O) groups is 1. The molecule has 13 heteroatoms. The zero-order valence-electron chi connectivity index (χ0n) is 33.8. The number of aliphatic hydroxyl groups is 4. The lowest BCUT2D eigenvalue weighted by Gasteiger charge is -2.41. The second-order valence-electron chi connectivity index (χ2n) is 15.3. The SMILES string of the molecule is CCCCCCCCCCCCCCC/C=C/C(O)C(COC1OC(CO)C(O)C(OS(=O)(=O)O)C1O)NC(=O)CCCCCCCCCCCCCC. The van der Waals surface area contributed by atoms with Crippen molar-refractivity contribution in [3.63, 3.8) is 0 Å². The maximum absolute atomic E-state index is 13.0. The maximum atomic E-state index is 13.0. The van der Waals surface area contributed by atoms with Crippen molar-refractivity contribution in [1.29, 1.82) is 0 Å². The zero-order valence-corrected chi connectivity index (χ0v) is 34.6. The van der Waals surface area contributed by atoms with E-state index in [1.165, 1.54) is 122 Å². The maximum Gasteiger partial charge on any atom is 0.397 e. The minimum absolute atomic E-state index is 0.263. The molecule has 6 N–H and O–H groups in total. The van der Waals surface area contributed by atoms with Gasteiger partial charge in [0.15, 0.2) is 6.29 Å². The van der Waals surface area contributed by atoms with Gasteiger partial charge in [-0.2, -0.15) is 8.42 Å². The van der Waals surface area contributed by atoms with E-state index in [-0.39, 0.29) is 18.9 Å². The Labute approximate surface area is 328 Å². The van der Waals surface area contributed by atoms with Gasteiger partial charge in [-0.05, 0) is 19.3 Å². The van der Waals surface area contributed by atoms with Crippen molar-refractivity contribution in [2.45, 2.75) is 230 Å². The third kappa shape index (κ3) is 25.9. The number of ether oxygens (including phenoxy) is 2. The molecule has 54 heavy (non-hydrogen) atoms. The van der Waals surface area contributed by atoms with Gasteiger partial charge in [0, 0.05) is 6.42 Å². The van der Waals surface area contributed by atoms with E-state index >= 15 is 0 Å². The summed E-state index contributed by atoms with van der Waals surface area (Å²) in [4.78, 5) is 13.0. The van der Waals surface area contributed by atoms with Gasteiger partial charge in [-0.1, -0.05) is 174 Å². The van der Waals surface area contributed by atoms with Crippen molar-refractivity contribution in [2.75, 3.05) is 13.2 Å². The fourth-order valence-electron chi connectivity index (χ4n) is 6.92. The summed E-state index contributed by atoms with van der Waals surface area (Å²) < 4.78 is 47.5. The molecule has 1 heterocycles. The van der Waals surface area contributed by atoms with E-state index in [1.807, 2.05) is 6.08 Å². The first-order valence-corrected chi connectivity index (χ1v) is 22.9. The Balaban J connectivity index is 2.58. The van der Waals surface area contributed by atoms with E-state index in [0.717, 1.165) is 38.5 Å². The number of hydrogen-bond acceptors (Lipinski definition) is 10. The van der Waals surface area contributed by atoms with Crippen molar-refractivity contribution >= 4 is 16.3 Å². The quantitative estimate of drug-likeness (QED) is 0.0208. The molecule has 0 aromatic rings. The van der Waals surface area contributed by atoms with Crippen LogP contribution in [0.4, 0.5) is 0 Å². The normalized spacial score (nSPS) is 21.8. The van der Waals surface area contributed by atoms with Crippen LogP contribution in [0.1, 0.15) is 187 Å². The summed E-state index contributed by atoms with van der Waals surface area (Å²) in [7, 11) is -5.08. The van der Waals surface area contributed by atoms with Gasteiger partial charge >= 0.3 is 10.4 Å². The summed E-state index contributed by atoms with van der Waals surface area (Å²) in [6, 6.07) is -0.936. The van der Waals surface area contributed by atoms with Crippen LogP contribution in [0.5, 0.6) is 0 Å². The van der Waals surface area contributed by atoms with E-state index in [1.54, 1.807) is 6.08 Å². The molecular formula is C41H79NO11S. The van der Waals surface area contributed by atoms with E-state index in [4.69, 9.17) is 14.0 Å². The summed E-state index contributed by atoms with van der Waals surface area (Å²) >= 11 is 0. The second-order valence-corrected chi connectivity index (χ2v) is 16.3. The molecule has 1 fully saturated rings. The number of carbonyl (C=O) groups excluding carboxylic acids is 1. The summed E-state index contributed by atoms with van der Waals surface area (Å²) in [5.41, 5.74) is 0. The number of rotatable bonds is 36. The highest BCUT2D eigenvalue weighted by Crippen LogP contribution is 2.26. The summed E-state index contributed by atoms with van der Waals surface area (Å²) in [6.45, 7) is 3.37. The Hall–Kier alpha value is -1.16. The smallest absolute Gasteiger partial charge is 0.394 e. The average Bonchev–Trinajstić information content (AvgIpc) is 3.14. The first kappa shape index (κ1) is 50.9. The standard InChI is InChI=1S/C41H79NO11S/c1-3-5-7-9-11-13-15-17-18-19-20-22-24-26-28-30-35(44)34(42-37(45)31-29-27-25-23-21-16-14-12-10-8-6-4-2)33-51-41-39(47)40(53-54(48,49)50)38(46)36(32-43)52-41/h28,30,34-36,38-41,43-44,46-47H,3-27,29,31-33H2,1-2H3,(H,42,45)(H,48,49,50)/b30-28+. The van der Waals surface area contributed by atoms with Crippen LogP contribution < -0.4 is 5.32 Å². The minimum Gasteiger partial charge on any atom is -0.394 e. The van der Waals surface area contributed by atoms with Gasteiger partial charge in [-0.15, -0.1) is 0 Å². The van der Waals surface area contributed by atoms with Gasteiger partial charge < -0.3 is 35.2 Å². The lowest BCUT2D eigenvalue weighted by Crippen LogP contribution is -2.61. The molecule has 0 aromatic heterocycles. The van der Waals surface area contributed by atoms with Gasteiger partial charge in [-0.25, -0.2) is 4.18 Å². The van der Waals surface area contributed by atoms with Crippen LogP contribution in [0, 0.1) is 0 Å². The Morgan fingerprint density at radius 3 is 1.61 bits per heavy atom. The first-order chi connectivity index (χ1) is 26.0. The molecule has 1 aliphatic rings. The Morgan fingerprint density at radius 2 is 1.17 bits per heavy atom. The molecule has 1 rings (SSSR count). The number of amides is 1. The van der Waals surface area contributed by atoms with Crippen molar-refractivity contribution in [1.82, 2.24) is 5.32 Å². The van der Waals surface area contributed by atoms with Crippen LogP contribution in [0.3, 0.4) is 0 Å². The van der Waals surface area contributed by atoms with Gasteiger partial charge in [0.25, 0.3) is 0 Å². The molecule has 0 aromatic carbocycles. The van der Waals surface area contributed by atoms with Crippen molar-refractivity contribution < 1.29 is 51.8 Å². The second kappa shape index (κ2) is 32.9. The van der Waals surface area contributed by atoms with Gasteiger partial charge in [0.05, 0.1) is 25.4 Å². The molecule has 7 atom stereocenters. The number of allylic oxidation sites excluding steroid dienone is 1. The van der Waals surface area contributed by atoms with Crippen molar-refractivity contribution in [3.8, 4) is 0 Å². The molecule has 12 nitrogen and oxygen atoms in total. The summed E-state index contributed by atoms with van der Waals surface area (Å²) in [5.74, 6) is -0.263. The van der Waals surface area contributed by atoms with Gasteiger partial charge in [0.1, 0.15) is 24.4 Å². The molecule has 0 aliphatic carbocycles. The number of aliphatic hydroxyl groups excluding tert-OH is 4. The molecular weight excluding hydrogens is 715 g/mol. The topological polar surface area (TPSA) is 192 Å². The molecule has 1 aliphatic heterocycles. The first-order valence-electron chi connectivity index (χ1n) is 21.6. The van der Waals surface area contributed by atoms with Crippen molar-refractivity contribution in [3.05, 3.63) is 12.2 Å². The fourth-order valence-corrected chi connectivity index (χ4v) is 7.43. The number of hydrogen-bond donors (Lipinski definition) is 6. The number of unbranched alkanes of at least 4 members (excludes halogenated alkanes) is 24. The predicted molar refractivity (Wildman–Crippen MR) is 213 cm³/mol. The van der Waals surface area contributed by atoms with E-state index < -0.39 is 59.9 Å². The lowest BCUT2D eigenvalue weighted by atomic mass is 9.99. The fraction of sp³-hybridized carbons (Fsp3) is 0.927. The van der Waals surface area contributed by atoms with E-state index in [2.05, 4.69) is 23.3 Å². The Morgan fingerprint density at radius 1 is 0.722 bits per heavy atom. The van der Waals surface area contributed by atoms with Crippen LogP contribution >= 0.6 is 0 Å². The third-order valence-corrected chi connectivity index (χ3v) is 10.8. The van der Waals surface area contributed by atoms with Crippen LogP contribution in [0.2, 0.25) is 0 Å². The van der Waals surface area contributed by atoms with E-state index in [9.17, 15) is 33.6 Å². The molecule has 7 unspecified atom stereocenters. The highest BCUT2D eigenvalue weighted by molar-refractivity contribution is 7.80. The van der Waals surface area contributed by atoms with Gasteiger partial charge in [0.2, 0.25) is 5.91 Å². The highest BCUT2D eigenvalue weighted by atomic mass is 32.3. The van der Waals surface area contributed by atoms with E-state index in [0.29, 0.717) is 6.42 Å². The van der Waals surface area contributed by atoms with Crippen molar-refractivity contribution in [2.24, 2.45) is 0 Å². The summed E-state index contributed by atoms with van der Waals surface area (Å²) in [6.07, 6.45) is 25.4. The Bertz CT molecular complexity index is 1030. The third-order valence-electron chi connectivity index (χ3n) is 10.3. The predicted octanol–water partition coefficient (Wildman–Crippen LogP) is 7.60.